The molecule has 0 fully saturated rings. The number of hydrogen-bond donors (Lipinski definition) is 3. The summed E-state index contributed by atoms with van der Waals surface area (Å²) in [5.74, 6) is -1.70. The number of carboxylic acid groups (broad SMARTS) is 1. The Morgan fingerprint density at radius 1 is 1.33 bits per heavy atom. The number of carboxylic acids is 1. The van der Waals surface area contributed by atoms with Crippen LogP contribution in [-0.2, 0) is 10.0 Å². The summed E-state index contributed by atoms with van der Waals surface area (Å²) in [5, 5.41) is 17.6. The van der Waals surface area contributed by atoms with Gasteiger partial charge in [-0.05, 0) is 25.0 Å². The van der Waals surface area contributed by atoms with Crippen molar-refractivity contribution >= 4 is 39.2 Å². The lowest BCUT2D eigenvalue weighted by Gasteiger charge is -2.20. The maximum atomic E-state index is 12.3. The van der Waals surface area contributed by atoms with Crippen molar-refractivity contribution in [3.63, 3.8) is 0 Å². The second-order valence-electron chi connectivity index (χ2n) is 4.64. The van der Waals surface area contributed by atoms with Crippen molar-refractivity contribution < 1.29 is 23.4 Å². The number of aliphatic hydroxyl groups excluding tert-OH is 1. The number of sulfonamides is 1. The van der Waals surface area contributed by atoms with E-state index in [-0.39, 0.29) is 17.5 Å². The first-order valence-corrected chi connectivity index (χ1v) is 8.19. The van der Waals surface area contributed by atoms with Crippen LogP contribution in [0.4, 0.5) is 0 Å². The molecule has 1 aromatic carbocycles. The summed E-state index contributed by atoms with van der Waals surface area (Å²) in [6.07, 6.45) is 0. The van der Waals surface area contributed by atoms with Gasteiger partial charge in [-0.3, -0.25) is 0 Å². The van der Waals surface area contributed by atoms with Crippen molar-refractivity contribution in [3.8, 4) is 0 Å². The van der Waals surface area contributed by atoms with Gasteiger partial charge >= 0.3 is 5.97 Å². The van der Waals surface area contributed by atoms with Crippen LogP contribution in [0.5, 0.6) is 0 Å². The molecule has 9 heteroatoms. The van der Waals surface area contributed by atoms with Gasteiger partial charge < -0.3 is 10.2 Å². The molecule has 3 N–H and O–H groups in total. The Labute approximate surface area is 132 Å². The Hall–Kier alpha value is -0.860. The molecule has 0 aliphatic heterocycles. The summed E-state index contributed by atoms with van der Waals surface area (Å²) in [4.78, 5) is 10.6. The topological polar surface area (TPSA) is 104 Å². The van der Waals surface area contributed by atoms with Gasteiger partial charge in [0.15, 0.2) is 0 Å². The first-order chi connectivity index (χ1) is 9.60. The lowest BCUT2D eigenvalue weighted by atomic mass is 10.1. The highest BCUT2D eigenvalue weighted by Gasteiger charge is 2.26. The number of carbonyl (C=O) groups is 1. The SMILES string of the molecule is CC(CO)C(C)NS(=O)(=O)c1cc(Cl)cc(C(=O)O)c1Cl. The van der Waals surface area contributed by atoms with Crippen LogP contribution in [-0.4, -0.2) is 37.2 Å². The minimum absolute atomic E-state index is 0.0555. The lowest BCUT2D eigenvalue weighted by molar-refractivity contribution is 0.0697. The smallest absolute Gasteiger partial charge is 0.337 e. The summed E-state index contributed by atoms with van der Waals surface area (Å²) in [5.41, 5.74) is -0.396. The molecule has 0 aliphatic rings. The highest BCUT2D eigenvalue weighted by atomic mass is 35.5. The Balaban J connectivity index is 3.29. The third-order valence-corrected chi connectivity index (χ3v) is 5.33. The summed E-state index contributed by atoms with van der Waals surface area (Å²) in [7, 11) is -4.06. The number of hydrogen-bond acceptors (Lipinski definition) is 4. The lowest BCUT2D eigenvalue weighted by Crippen LogP contribution is -2.38. The monoisotopic (exact) mass is 355 g/mol. The zero-order chi connectivity index (χ0) is 16.4. The predicted octanol–water partition coefficient (Wildman–Crippen LogP) is 1.99. The number of halogens is 2. The normalized spacial score (nSPS) is 14.7. The van der Waals surface area contributed by atoms with Crippen LogP contribution in [0, 0.1) is 5.92 Å². The van der Waals surface area contributed by atoms with E-state index in [4.69, 9.17) is 33.4 Å². The van der Waals surface area contributed by atoms with Crippen LogP contribution in [0.2, 0.25) is 10.0 Å². The van der Waals surface area contributed by atoms with Gasteiger partial charge in [-0.1, -0.05) is 30.1 Å². The van der Waals surface area contributed by atoms with E-state index in [0.29, 0.717) is 0 Å². The molecule has 0 heterocycles. The molecular formula is C12H15Cl2NO5S. The average molecular weight is 356 g/mol. The van der Waals surface area contributed by atoms with E-state index < -0.39 is 37.5 Å². The maximum Gasteiger partial charge on any atom is 0.337 e. The van der Waals surface area contributed by atoms with Crippen molar-refractivity contribution in [1.82, 2.24) is 4.72 Å². The van der Waals surface area contributed by atoms with Gasteiger partial charge in [0.25, 0.3) is 0 Å². The molecule has 2 atom stereocenters. The van der Waals surface area contributed by atoms with Crippen molar-refractivity contribution in [1.29, 1.82) is 0 Å². The van der Waals surface area contributed by atoms with Gasteiger partial charge in [0.2, 0.25) is 10.0 Å². The molecule has 0 aromatic heterocycles. The number of aromatic carboxylic acids is 1. The van der Waals surface area contributed by atoms with Crippen LogP contribution in [0.1, 0.15) is 24.2 Å². The number of rotatable bonds is 6. The fourth-order valence-electron chi connectivity index (χ4n) is 1.50. The fraction of sp³-hybridized carbons (Fsp3) is 0.417. The van der Waals surface area contributed by atoms with Crippen LogP contribution in [0.15, 0.2) is 17.0 Å². The summed E-state index contributed by atoms with van der Waals surface area (Å²) >= 11 is 11.6. The molecule has 1 rings (SSSR count). The minimum Gasteiger partial charge on any atom is -0.478 e. The third kappa shape index (κ3) is 4.31. The highest BCUT2D eigenvalue weighted by Crippen LogP contribution is 2.29. The molecule has 21 heavy (non-hydrogen) atoms. The molecule has 0 bridgehead atoms. The van der Waals surface area contributed by atoms with E-state index in [9.17, 15) is 13.2 Å². The molecule has 6 nitrogen and oxygen atoms in total. The summed E-state index contributed by atoms with van der Waals surface area (Å²) in [6.45, 7) is 3.04. The largest absolute Gasteiger partial charge is 0.478 e. The maximum absolute atomic E-state index is 12.3. The van der Waals surface area contributed by atoms with E-state index in [1.165, 1.54) is 0 Å². The Morgan fingerprint density at radius 3 is 2.38 bits per heavy atom. The van der Waals surface area contributed by atoms with E-state index in [1.807, 2.05) is 0 Å². The molecule has 0 spiro atoms. The number of benzene rings is 1. The van der Waals surface area contributed by atoms with Gasteiger partial charge in [0.1, 0.15) is 4.90 Å². The van der Waals surface area contributed by atoms with Crippen molar-refractivity contribution in [2.24, 2.45) is 5.92 Å². The fourth-order valence-corrected chi connectivity index (χ4v) is 3.75. The van der Waals surface area contributed by atoms with E-state index in [2.05, 4.69) is 4.72 Å². The Morgan fingerprint density at radius 2 is 1.90 bits per heavy atom. The number of nitrogens with one attached hydrogen (secondary N) is 1. The first kappa shape index (κ1) is 18.2. The standard InChI is InChI=1S/C12H15Cl2NO5S/c1-6(5-16)7(2)15-21(19,20)10-4-8(13)3-9(11(10)14)12(17)18/h3-4,6-7,15-16H,5H2,1-2H3,(H,17,18). The summed E-state index contributed by atoms with van der Waals surface area (Å²) in [6, 6.07) is 1.59. The second-order valence-corrected chi connectivity index (χ2v) is 7.14. The van der Waals surface area contributed by atoms with E-state index >= 15 is 0 Å². The minimum atomic E-state index is -4.06. The second kappa shape index (κ2) is 6.93. The van der Waals surface area contributed by atoms with Gasteiger partial charge in [0, 0.05) is 17.7 Å². The molecule has 0 saturated heterocycles. The van der Waals surface area contributed by atoms with E-state index in [1.54, 1.807) is 13.8 Å². The Bertz CT molecular complexity index is 647. The number of aliphatic hydroxyl groups is 1. The predicted molar refractivity (Wildman–Crippen MR) is 79.5 cm³/mol. The van der Waals surface area contributed by atoms with Crippen LogP contribution in [0.25, 0.3) is 0 Å². The quantitative estimate of drug-likeness (QED) is 0.723. The highest BCUT2D eigenvalue weighted by molar-refractivity contribution is 7.89. The molecular weight excluding hydrogens is 341 g/mol. The molecule has 1 aromatic rings. The van der Waals surface area contributed by atoms with Gasteiger partial charge in [0.05, 0.1) is 10.6 Å². The van der Waals surface area contributed by atoms with Gasteiger partial charge in [-0.15, -0.1) is 0 Å². The molecule has 0 aliphatic carbocycles. The van der Waals surface area contributed by atoms with E-state index in [0.717, 1.165) is 12.1 Å². The van der Waals surface area contributed by atoms with Crippen molar-refractivity contribution in [2.75, 3.05) is 6.61 Å². The van der Waals surface area contributed by atoms with Crippen LogP contribution in [0.3, 0.4) is 0 Å². The summed E-state index contributed by atoms with van der Waals surface area (Å²) < 4.78 is 26.9. The van der Waals surface area contributed by atoms with Gasteiger partial charge in [-0.25, -0.2) is 17.9 Å². The molecule has 118 valence electrons. The Kier molecular flexibility index (Phi) is 6.01. The average Bonchev–Trinajstić information content (AvgIpc) is 2.38. The third-order valence-electron chi connectivity index (χ3n) is 3.01. The molecule has 0 saturated carbocycles. The van der Waals surface area contributed by atoms with Crippen LogP contribution >= 0.6 is 23.2 Å². The van der Waals surface area contributed by atoms with Gasteiger partial charge in [-0.2, -0.15) is 0 Å². The molecule has 0 amide bonds. The zero-order valence-electron chi connectivity index (χ0n) is 11.3. The van der Waals surface area contributed by atoms with Crippen LogP contribution < -0.4 is 4.72 Å². The van der Waals surface area contributed by atoms with Crippen molar-refractivity contribution in [3.05, 3.63) is 27.7 Å². The first-order valence-electron chi connectivity index (χ1n) is 5.95. The zero-order valence-corrected chi connectivity index (χ0v) is 13.6. The van der Waals surface area contributed by atoms with Crippen molar-refractivity contribution in [2.45, 2.75) is 24.8 Å². The molecule has 2 unspecified atom stereocenters. The molecule has 0 radical (unpaired) electrons.